The van der Waals surface area contributed by atoms with E-state index in [-0.39, 0.29) is 5.41 Å². The standard InChI is InChI=1S/C16H24O4/c1-13(7-4-3-5-8-13)10-14(2)11(12(17)18)6-9-15-16(14,19-15)20-15/h11H,3-10H2,1-2H3,(H,17,18)/p-1. The molecule has 0 spiro atoms. The van der Waals surface area contributed by atoms with Gasteiger partial charge in [0.1, 0.15) is 0 Å². The van der Waals surface area contributed by atoms with Crippen LogP contribution in [0.3, 0.4) is 0 Å². The van der Waals surface area contributed by atoms with Gasteiger partial charge in [0, 0.05) is 23.7 Å². The van der Waals surface area contributed by atoms with E-state index in [0.717, 1.165) is 6.42 Å². The molecule has 2 aliphatic heterocycles. The first-order chi connectivity index (χ1) is 9.37. The number of hydrogen-bond acceptors (Lipinski definition) is 4. The van der Waals surface area contributed by atoms with Gasteiger partial charge in [-0.2, -0.15) is 0 Å². The van der Waals surface area contributed by atoms with Crippen LogP contribution in [0.15, 0.2) is 0 Å². The zero-order chi connectivity index (χ0) is 14.2. The molecule has 4 aliphatic rings. The van der Waals surface area contributed by atoms with Gasteiger partial charge < -0.3 is 19.4 Å². The fourth-order valence-corrected chi connectivity index (χ4v) is 5.32. The van der Waals surface area contributed by atoms with Gasteiger partial charge in [-0.1, -0.05) is 33.1 Å². The molecule has 4 rings (SSSR count). The lowest BCUT2D eigenvalue weighted by molar-refractivity contribution is -0.318. The van der Waals surface area contributed by atoms with E-state index in [1.165, 1.54) is 32.1 Å². The molecule has 2 unspecified atom stereocenters. The number of carboxylic acid groups (broad SMARTS) is 1. The van der Waals surface area contributed by atoms with E-state index in [9.17, 15) is 9.90 Å². The molecule has 2 aliphatic carbocycles. The van der Waals surface area contributed by atoms with Crippen molar-refractivity contribution in [2.24, 2.45) is 16.7 Å². The molecule has 0 aromatic rings. The second-order valence-electron chi connectivity index (χ2n) is 7.95. The summed E-state index contributed by atoms with van der Waals surface area (Å²) in [5.41, 5.74) is -0.216. The molecule has 20 heavy (non-hydrogen) atoms. The lowest BCUT2D eigenvalue weighted by Gasteiger charge is -2.46. The molecule has 2 saturated heterocycles. The maximum Gasteiger partial charge on any atom is 0.235 e. The van der Waals surface area contributed by atoms with Gasteiger partial charge in [0.25, 0.3) is 0 Å². The lowest BCUT2D eigenvalue weighted by Crippen LogP contribution is -2.50. The molecule has 0 amide bonds. The molecular weight excluding hydrogens is 256 g/mol. The van der Waals surface area contributed by atoms with Crippen molar-refractivity contribution in [3.8, 4) is 0 Å². The number of ether oxygens (including phenoxy) is 2. The average Bonchev–Trinajstić information content (AvgIpc) is 3.15. The fraction of sp³-hybridized carbons (Fsp3) is 0.938. The van der Waals surface area contributed by atoms with Crippen LogP contribution in [-0.2, 0) is 14.3 Å². The van der Waals surface area contributed by atoms with Crippen LogP contribution in [0.5, 0.6) is 0 Å². The first-order valence-electron chi connectivity index (χ1n) is 7.98. The highest BCUT2D eigenvalue weighted by Gasteiger charge is 2.98. The average molecular weight is 279 g/mol. The van der Waals surface area contributed by atoms with Gasteiger partial charge in [-0.25, -0.2) is 0 Å². The molecule has 2 atom stereocenters. The zero-order valence-electron chi connectivity index (χ0n) is 12.4. The Morgan fingerprint density at radius 2 is 1.80 bits per heavy atom. The number of carboxylic acids is 1. The Morgan fingerprint density at radius 1 is 1.15 bits per heavy atom. The van der Waals surface area contributed by atoms with E-state index in [2.05, 4.69) is 13.8 Å². The van der Waals surface area contributed by atoms with Crippen LogP contribution in [0.1, 0.15) is 65.2 Å². The van der Waals surface area contributed by atoms with E-state index in [4.69, 9.17) is 9.47 Å². The molecule has 0 aromatic heterocycles. The van der Waals surface area contributed by atoms with Crippen LogP contribution in [-0.4, -0.2) is 17.5 Å². The van der Waals surface area contributed by atoms with Crippen molar-refractivity contribution in [2.45, 2.75) is 76.8 Å². The molecule has 0 radical (unpaired) electrons. The van der Waals surface area contributed by atoms with Gasteiger partial charge in [0.05, 0.1) is 0 Å². The van der Waals surface area contributed by atoms with Gasteiger partial charge in [0.2, 0.25) is 11.6 Å². The third-order valence-electron chi connectivity index (χ3n) is 6.46. The molecule has 2 heterocycles. The number of rotatable bonds is 3. The molecule has 4 heteroatoms. The van der Waals surface area contributed by atoms with Crippen LogP contribution in [0.25, 0.3) is 0 Å². The summed E-state index contributed by atoms with van der Waals surface area (Å²) in [6.07, 6.45) is 8.38. The molecule has 112 valence electrons. The Labute approximate surface area is 119 Å². The van der Waals surface area contributed by atoms with Gasteiger partial charge in [-0.05, 0) is 31.1 Å². The second kappa shape index (κ2) is 3.58. The minimum Gasteiger partial charge on any atom is -0.550 e. The van der Waals surface area contributed by atoms with Crippen LogP contribution in [0.2, 0.25) is 0 Å². The summed E-state index contributed by atoms with van der Waals surface area (Å²) >= 11 is 0. The highest BCUT2D eigenvalue weighted by atomic mass is 17.0. The maximum absolute atomic E-state index is 11.6. The van der Waals surface area contributed by atoms with E-state index in [1.54, 1.807) is 0 Å². The number of epoxide rings is 2. The summed E-state index contributed by atoms with van der Waals surface area (Å²) in [7, 11) is 0. The van der Waals surface area contributed by atoms with E-state index >= 15 is 0 Å². The number of hydrogen-bond donors (Lipinski definition) is 0. The summed E-state index contributed by atoms with van der Waals surface area (Å²) in [6.45, 7) is 4.36. The smallest absolute Gasteiger partial charge is 0.235 e. The van der Waals surface area contributed by atoms with Crippen molar-refractivity contribution in [1.82, 2.24) is 0 Å². The minimum absolute atomic E-state index is 0.219. The molecular formula is C16H23O4-. The summed E-state index contributed by atoms with van der Waals surface area (Å²) in [5, 5.41) is 11.6. The summed E-state index contributed by atoms with van der Waals surface area (Å²) in [4.78, 5) is 11.6. The lowest BCUT2D eigenvalue weighted by atomic mass is 9.57. The minimum atomic E-state index is -0.930. The monoisotopic (exact) mass is 279 g/mol. The van der Waals surface area contributed by atoms with Gasteiger partial charge in [-0.3, -0.25) is 0 Å². The Hall–Kier alpha value is -0.610. The van der Waals surface area contributed by atoms with Gasteiger partial charge in [0.15, 0.2) is 0 Å². The summed E-state index contributed by atoms with van der Waals surface area (Å²) in [6, 6.07) is 0. The first kappa shape index (κ1) is 13.1. The third-order valence-corrected chi connectivity index (χ3v) is 6.46. The molecule has 0 N–H and O–H groups in total. The van der Waals surface area contributed by atoms with E-state index in [0.29, 0.717) is 12.8 Å². The Morgan fingerprint density at radius 3 is 2.40 bits per heavy atom. The van der Waals surface area contributed by atoms with Crippen LogP contribution < -0.4 is 5.11 Å². The Kier molecular flexibility index (Phi) is 2.34. The summed E-state index contributed by atoms with van der Waals surface area (Å²) < 4.78 is 11.6. The Bertz CT molecular complexity index is 459. The predicted molar refractivity (Wildman–Crippen MR) is 69.3 cm³/mol. The quantitative estimate of drug-likeness (QED) is 0.741. The summed E-state index contributed by atoms with van der Waals surface area (Å²) in [5.74, 6) is -2.39. The third kappa shape index (κ3) is 1.42. The van der Waals surface area contributed by atoms with Crippen LogP contribution >= 0.6 is 0 Å². The van der Waals surface area contributed by atoms with Gasteiger partial charge in [-0.15, -0.1) is 0 Å². The molecule has 2 saturated carbocycles. The van der Waals surface area contributed by atoms with Crippen molar-refractivity contribution in [2.75, 3.05) is 0 Å². The second-order valence-corrected chi connectivity index (χ2v) is 7.95. The number of carbonyl (C=O) groups is 1. The first-order valence-corrected chi connectivity index (χ1v) is 7.98. The zero-order valence-corrected chi connectivity index (χ0v) is 12.4. The van der Waals surface area contributed by atoms with Crippen molar-refractivity contribution >= 4 is 5.97 Å². The molecule has 4 fully saturated rings. The topological polar surface area (TPSA) is 65.2 Å². The number of aliphatic carboxylic acids is 1. The molecule has 4 nitrogen and oxygen atoms in total. The SMILES string of the molecule is CC1(CC2(C)C(C(=O)[O-])CCC34OC32O4)CCCCC1. The van der Waals surface area contributed by atoms with Gasteiger partial charge >= 0.3 is 0 Å². The predicted octanol–water partition coefficient (Wildman–Crippen LogP) is 1.97. The molecule has 0 bridgehead atoms. The van der Waals surface area contributed by atoms with E-state index in [1.807, 2.05) is 0 Å². The molecule has 0 aromatic carbocycles. The van der Waals surface area contributed by atoms with Crippen LogP contribution in [0.4, 0.5) is 0 Å². The highest BCUT2D eigenvalue weighted by molar-refractivity contribution is 5.70. The highest BCUT2D eigenvalue weighted by Crippen LogP contribution is 2.82. The fourth-order valence-electron chi connectivity index (χ4n) is 5.32. The van der Waals surface area contributed by atoms with Crippen molar-refractivity contribution in [3.05, 3.63) is 0 Å². The van der Waals surface area contributed by atoms with Crippen molar-refractivity contribution in [3.63, 3.8) is 0 Å². The van der Waals surface area contributed by atoms with E-state index < -0.39 is 28.9 Å². The largest absolute Gasteiger partial charge is 0.550 e. The number of carbonyl (C=O) groups excluding carboxylic acids is 1. The normalized spacial score (nSPS) is 51.8. The van der Waals surface area contributed by atoms with Crippen LogP contribution in [0, 0.1) is 16.7 Å². The van der Waals surface area contributed by atoms with Crippen molar-refractivity contribution < 1.29 is 19.4 Å². The maximum atomic E-state index is 11.6. The van der Waals surface area contributed by atoms with Crippen molar-refractivity contribution in [1.29, 1.82) is 0 Å². The Balaban J connectivity index is 1.64.